The van der Waals surface area contributed by atoms with Gasteiger partial charge in [-0.15, -0.1) is 0 Å². The van der Waals surface area contributed by atoms with Crippen molar-refractivity contribution in [3.63, 3.8) is 0 Å². The highest BCUT2D eigenvalue weighted by atomic mass is 35.5. The molecule has 1 N–H and O–H groups in total. The van der Waals surface area contributed by atoms with Crippen LogP contribution >= 0.6 is 11.6 Å². The summed E-state index contributed by atoms with van der Waals surface area (Å²) in [5, 5.41) is 3.73. The van der Waals surface area contributed by atoms with Crippen molar-refractivity contribution in [2.45, 2.75) is 40.0 Å². The van der Waals surface area contributed by atoms with E-state index in [1.807, 2.05) is 6.07 Å². The summed E-state index contributed by atoms with van der Waals surface area (Å²) >= 11 is 5.83. The molecule has 3 heteroatoms. The summed E-state index contributed by atoms with van der Waals surface area (Å²) < 4.78 is 13.1. The van der Waals surface area contributed by atoms with Gasteiger partial charge in [0.25, 0.3) is 0 Å². The van der Waals surface area contributed by atoms with Crippen molar-refractivity contribution in [2.75, 3.05) is 13.1 Å². The molecule has 19 heavy (non-hydrogen) atoms. The zero-order chi connectivity index (χ0) is 14.3. The number of nitrogens with one attached hydrogen (secondary N) is 1. The summed E-state index contributed by atoms with van der Waals surface area (Å²) in [7, 11) is 0. The Balaban J connectivity index is 2.54. The van der Waals surface area contributed by atoms with Crippen LogP contribution in [-0.2, 0) is 6.42 Å². The highest BCUT2D eigenvalue weighted by Gasteiger charge is 2.10. The molecule has 1 aromatic carbocycles. The van der Waals surface area contributed by atoms with Crippen molar-refractivity contribution in [1.29, 1.82) is 0 Å². The molecule has 0 aliphatic heterocycles. The van der Waals surface area contributed by atoms with Crippen LogP contribution in [0.15, 0.2) is 18.2 Å². The number of benzene rings is 1. The third-order valence-electron chi connectivity index (χ3n) is 3.19. The van der Waals surface area contributed by atoms with E-state index in [-0.39, 0.29) is 10.8 Å². The summed E-state index contributed by atoms with van der Waals surface area (Å²) in [4.78, 5) is 0. The molecule has 0 saturated heterocycles. The lowest BCUT2D eigenvalue weighted by atomic mass is 9.95. The number of rotatable bonds is 8. The van der Waals surface area contributed by atoms with Gasteiger partial charge in [-0.25, -0.2) is 4.39 Å². The molecule has 0 aliphatic rings. The summed E-state index contributed by atoms with van der Waals surface area (Å²) in [6.45, 7) is 8.68. The quantitative estimate of drug-likeness (QED) is 0.731. The Hall–Kier alpha value is -0.600. The van der Waals surface area contributed by atoms with Gasteiger partial charge in [-0.3, -0.25) is 0 Å². The first-order valence-corrected chi connectivity index (χ1v) is 7.55. The van der Waals surface area contributed by atoms with E-state index in [1.165, 1.54) is 18.9 Å². The summed E-state index contributed by atoms with van der Waals surface area (Å²) in [6.07, 6.45) is 3.31. The molecular weight excluding hydrogens is 261 g/mol. The van der Waals surface area contributed by atoms with Crippen molar-refractivity contribution in [3.8, 4) is 0 Å². The number of halogens is 2. The van der Waals surface area contributed by atoms with E-state index >= 15 is 0 Å². The van der Waals surface area contributed by atoms with Crippen LogP contribution in [-0.4, -0.2) is 13.1 Å². The van der Waals surface area contributed by atoms with Crippen molar-refractivity contribution in [3.05, 3.63) is 34.6 Å². The zero-order valence-corrected chi connectivity index (χ0v) is 12.9. The minimum absolute atomic E-state index is 0.225. The number of hydrogen-bond acceptors (Lipinski definition) is 1. The molecule has 1 aromatic rings. The molecule has 0 amide bonds. The predicted octanol–water partition coefficient (Wildman–Crippen LogP) is 4.68. The molecule has 0 heterocycles. The average molecular weight is 286 g/mol. The second-order valence-electron chi connectivity index (χ2n) is 5.66. The maximum atomic E-state index is 13.1. The molecule has 0 bridgehead atoms. The van der Waals surface area contributed by atoms with E-state index < -0.39 is 0 Å². The van der Waals surface area contributed by atoms with E-state index in [4.69, 9.17) is 11.6 Å². The van der Waals surface area contributed by atoms with Gasteiger partial charge in [0.1, 0.15) is 5.82 Å². The lowest BCUT2D eigenvalue weighted by Crippen LogP contribution is -2.27. The van der Waals surface area contributed by atoms with Gasteiger partial charge in [-0.05, 0) is 55.5 Å². The van der Waals surface area contributed by atoms with Crippen molar-refractivity contribution < 1.29 is 4.39 Å². The van der Waals surface area contributed by atoms with Crippen LogP contribution in [0, 0.1) is 17.7 Å². The summed E-state index contributed by atoms with van der Waals surface area (Å²) in [6, 6.07) is 5.05. The lowest BCUT2D eigenvalue weighted by Gasteiger charge is -2.18. The van der Waals surface area contributed by atoms with Crippen LogP contribution in [0.4, 0.5) is 4.39 Å². The lowest BCUT2D eigenvalue weighted by molar-refractivity contribution is 0.421. The summed E-state index contributed by atoms with van der Waals surface area (Å²) in [5.74, 6) is 0.920. The van der Waals surface area contributed by atoms with Gasteiger partial charge in [0, 0.05) is 0 Å². The van der Waals surface area contributed by atoms with Crippen LogP contribution in [0.5, 0.6) is 0 Å². The van der Waals surface area contributed by atoms with Gasteiger partial charge in [-0.1, -0.05) is 44.9 Å². The Labute approximate surface area is 121 Å². The minimum Gasteiger partial charge on any atom is -0.316 e. The standard InChI is InChI=1S/C16H25ClFN/c1-4-5-14(11-19-10-12(2)3)8-13-6-7-16(18)15(17)9-13/h6-7,9,12,14,19H,4-5,8,10-11H2,1-3H3. The molecule has 1 rings (SSSR count). The molecule has 0 fully saturated rings. The second kappa shape index (κ2) is 8.55. The van der Waals surface area contributed by atoms with Gasteiger partial charge in [0.15, 0.2) is 0 Å². The maximum absolute atomic E-state index is 13.1. The van der Waals surface area contributed by atoms with E-state index in [9.17, 15) is 4.39 Å². The van der Waals surface area contributed by atoms with Crippen LogP contribution in [0.2, 0.25) is 5.02 Å². The fraction of sp³-hybridized carbons (Fsp3) is 0.625. The Morgan fingerprint density at radius 3 is 2.58 bits per heavy atom. The van der Waals surface area contributed by atoms with E-state index in [2.05, 4.69) is 26.1 Å². The third-order valence-corrected chi connectivity index (χ3v) is 3.48. The van der Waals surface area contributed by atoms with Gasteiger partial charge >= 0.3 is 0 Å². The van der Waals surface area contributed by atoms with E-state index in [0.29, 0.717) is 11.8 Å². The Bertz CT molecular complexity index is 379. The van der Waals surface area contributed by atoms with Gasteiger partial charge in [-0.2, -0.15) is 0 Å². The molecule has 0 radical (unpaired) electrons. The molecule has 1 nitrogen and oxygen atoms in total. The molecule has 0 aliphatic carbocycles. The predicted molar refractivity (Wildman–Crippen MR) is 81.2 cm³/mol. The first-order chi connectivity index (χ1) is 9.02. The monoisotopic (exact) mass is 285 g/mol. The van der Waals surface area contributed by atoms with Gasteiger partial charge in [0.05, 0.1) is 5.02 Å². The van der Waals surface area contributed by atoms with Crippen molar-refractivity contribution >= 4 is 11.6 Å². The Morgan fingerprint density at radius 2 is 2.00 bits per heavy atom. The highest BCUT2D eigenvalue weighted by molar-refractivity contribution is 6.30. The normalized spacial score (nSPS) is 12.9. The van der Waals surface area contributed by atoms with Crippen LogP contribution in [0.1, 0.15) is 39.2 Å². The largest absolute Gasteiger partial charge is 0.316 e. The third kappa shape index (κ3) is 6.40. The maximum Gasteiger partial charge on any atom is 0.141 e. The molecule has 0 aromatic heterocycles. The van der Waals surface area contributed by atoms with Crippen LogP contribution in [0.3, 0.4) is 0 Å². The molecule has 0 spiro atoms. The first kappa shape index (κ1) is 16.5. The minimum atomic E-state index is -0.338. The molecule has 0 saturated carbocycles. The Morgan fingerprint density at radius 1 is 1.26 bits per heavy atom. The topological polar surface area (TPSA) is 12.0 Å². The fourth-order valence-electron chi connectivity index (χ4n) is 2.26. The zero-order valence-electron chi connectivity index (χ0n) is 12.2. The first-order valence-electron chi connectivity index (χ1n) is 7.17. The molecule has 108 valence electrons. The Kier molecular flexibility index (Phi) is 7.40. The van der Waals surface area contributed by atoms with Crippen molar-refractivity contribution in [1.82, 2.24) is 5.32 Å². The molecule has 1 unspecified atom stereocenters. The summed E-state index contributed by atoms with van der Waals surface area (Å²) in [5.41, 5.74) is 1.12. The van der Waals surface area contributed by atoms with E-state index in [0.717, 1.165) is 25.1 Å². The highest BCUT2D eigenvalue weighted by Crippen LogP contribution is 2.20. The second-order valence-corrected chi connectivity index (χ2v) is 6.07. The molecular formula is C16H25ClFN. The van der Waals surface area contributed by atoms with Crippen LogP contribution in [0.25, 0.3) is 0 Å². The van der Waals surface area contributed by atoms with Gasteiger partial charge < -0.3 is 5.32 Å². The fourth-order valence-corrected chi connectivity index (χ4v) is 2.46. The smallest absolute Gasteiger partial charge is 0.141 e. The van der Waals surface area contributed by atoms with Gasteiger partial charge in [0.2, 0.25) is 0 Å². The van der Waals surface area contributed by atoms with Crippen molar-refractivity contribution in [2.24, 2.45) is 11.8 Å². The number of hydrogen-bond donors (Lipinski definition) is 1. The van der Waals surface area contributed by atoms with E-state index in [1.54, 1.807) is 6.07 Å². The van der Waals surface area contributed by atoms with Crippen LogP contribution < -0.4 is 5.32 Å². The SMILES string of the molecule is CCCC(CNCC(C)C)Cc1ccc(F)c(Cl)c1. The average Bonchev–Trinajstić information content (AvgIpc) is 2.33. The molecule has 1 atom stereocenters.